The van der Waals surface area contributed by atoms with Crippen LogP contribution in [0.5, 0.6) is 6.01 Å². The summed E-state index contributed by atoms with van der Waals surface area (Å²) in [6.45, 7) is 18.3. The molecule has 0 spiro atoms. The topological polar surface area (TPSA) is 69.4 Å². The van der Waals surface area contributed by atoms with Crippen LogP contribution < -0.4 is 14.5 Å². The van der Waals surface area contributed by atoms with E-state index in [-0.39, 0.29) is 23.9 Å². The average Bonchev–Trinajstić information content (AvgIpc) is 3.58. The second-order valence-corrected chi connectivity index (χ2v) is 12.7. The molecule has 1 unspecified atom stereocenters. The maximum Gasteiger partial charge on any atom is 0.318 e. The van der Waals surface area contributed by atoms with Crippen molar-refractivity contribution in [2.24, 2.45) is 5.41 Å². The minimum Gasteiger partial charge on any atom is -0.463 e. The number of amides is 1. The Morgan fingerprint density at radius 3 is 2.69 bits per heavy atom. The van der Waals surface area contributed by atoms with Crippen molar-refractivity contribution in [3.05, 3.63) is 63.6 Å². The minimum absolute atomic E-state index is 0.140. The highest BCUT2D eigenvalue weighted by Gasteiger charge is 2.45. The summed E-state index contributed by atoms with van der Waals surface area (Å²) in [5, 5.41) is 1.06. The van der Waals surface area contributed by atoms with Gasteiger partial charge < -0.3 is 29.2 Å². The van der Waals surface area contributed by atoms with Gasteiger partial charge in [-0.2, -0.15) is 9.97 Å². The quantitative estimate of drug-likeness (QED) is 0.301. The van der Waals surface area contributed by atoms with Gasteiger partial charge in [-0.25, -0.2) is 6.57 Å². The van der Waals surface area contributed by atoms with E-state index in [9.17, 15) is 4.79 Å². The Hall–Kier alpha value is -3.06. The smallest absolute Gasteiger partial charge is 0.318 e. The molecule has 42 heavy (non-hydrogen) atoms. The molecule has 0 bridgehead atoms. The lowest BCUT2D eigenvalue weighted by molar-refractivity contribution is -0.128. The number of ether oxygens (including phenoxy) is 1. The number of rotatable bonds is 9. The highest BCUT2D eigenvalue weighted by atomic mass is 35.5. The number of hydrogen-bond acceptors (Lipinski definition) is 7. The summed E-state index contributed by atoms with van der Waals surface area (Å²) in [4.78, 5) is 34.8. The Balaban J connectivity index is 1.28. The van der Waals surface area contributed by atoms with Gasteiger partial charge in [-0.05, 0) is 63.4 Å². The number of likely N-dealkylation sites (tertiary alicyclic amines) is 1. The van der Waals surface area contributed by atoms with E-state index >= 15 is 0 Å². The van der Waals surface area contributed by atoms with Crippen molar-refractivity contribution in [2.45, 2.75) is 44.7 Å². The van der Waals surface area contributed by atoms with E-state index in [4.69, 9.17) is 44.5 Å². The van der Waals surface area contributed by atoms with Crippen molar-refractivity contribution in [1.82, 2.24) is 19.8 Å². The number of halogens is 2. The number of anilines is 2. The third-order valence-corrected chi connectivity index (χ3v) is 9.87. The standard InChI is InChI=1S/C31H37Cl2N7O2/c1-3-27(41)40-16-15-39(18-22(40)17-34-2)29-23-9-14-38(26-8-6-7-24(32)28(26)33)19-25(23)35-30(36-29)42-21-31(10-11-31)20-37-12-4-5-13-37/h3,6-8,22H,1,4-5,9-21H2. The largest absolute Gasteiger partial charge is 0.463 e. The highest BCUT2D eigenvalue weighted by molar-refractivity contribution is 6.43. The highest BCUT2D eigenvalue weighted by Crippen LogP contribution is 2.47. The molecule has 1 atom stereocenters. The first kappa shape index (κ1) is 29.0. The van der Waals surface area contributed by atoms with Crippen LogP contribution in [0.15, 0.2) is 30.9 Å². The van der Waals surface area contributed by atoms with E-state index in [0.29, 0.717) is 48.8 Å². The summed E-state index contributed by atoms with van der Waals surface area (Å²) in [5.74, 6) is 0.704. The lowest BCUT2D eigenvalue weighted by atomic mass is 10.0. The van der Waals surface area contributed by atoms with Crippen LogP contribution in [-0.2, 0) is 17.8 Å². The summed E-state index contributed by atoms with van der Waals surface area (Å²) in [6, 6.07) is 5.84. The molecule has 4 aliphatic rings. The molecule has 1 aromatic heterocycles. The monoisotopic (exact) mass is 609 g/mol. The molecule has 0 radical (unpaired) electrons. The molecule has 2 saturated heterocycles. The van der Waals surface area contributed by atoms with E-state index < -0.39 is 0 Å². The first-order valence-electron chi connectivity index (χ1n) is 14.8. The van der Waals surface area contributed by atoms with Crippen LogP contribution in [0.25, 0.3) is 4.85 Å². The predicted octanol–water partition coefficient (Wildman–Crippen LogP) is 4.72. The van der Waals surface area contributed by atoms with E-state index in [1.165, 1.54) is 44.8 Å². The molecule has 2 aromatic rings. The summed E-state index contributed by atoms with van der Waals surface area (Å²) in [7, 11) is 0. The maximum absolute atomic E-state index is 12.5. The van der Waals surface area contributed by atoms with Crippen molar-refractivity contribution >= 4 is 40.6 Å². The summed E-state index contributed by atoms with van der Waals surface area (Å²) in [6.07, 6.45) is 6.95. The van der Waals surface area contributed by atoms with Gasteiger partial charge in [0.25, 0.3) is 0 Å². The average molecular weight is 611 g/mol. The zero-order chi connectivity index (χ0) is 29.3. The zero-order valence-electron chi connectivity index (χ0n) is 23.9. The second-order valence-electron chi connectivity index (χ2n) is 11.9. The SMILES string of the molecule is [C-]#[N+]CC1CN(c2nc(OCC3(CN4CCCC4)CC3)nc3c2CCN(c2cccc(Cl)c2Cl)C3)CCN1C(=O)C=C. The van der Waals surface area contributed by atoms with Crippen LogP contribution in [-0.4, -0.2) is 90.7 Å². The molecule has 9 nitrogen and oxygen atoms in total. The van der Waals surface area contributed by atoms with Crippen molar-refractivity contribution in [2.75, 3.05) is 68.8 Å². The number of aromatic nitrogens is 2. The second kappa shape index (κ2) is 12.3. The summed E-state index contributed by atoms with van der Waals surface area (Å²) < 4.78 is 6.41. The molecular formula is C31H37Cl2N7O2. The van der Waals surface area contributed by atoms with E-state index in [0.717, 1.165) is 42.3 Å². The van der Waals surface area contributed by atoms with Crippen molar-refractivity contribution in [1.29, 1.82) is 0 Å². The number of carbonyl (C=O) groups excluding carboxylic acids is 1. The number of hydrogen-bond donors (Lipinski definition) is 0. The van der Waals surface area contributed by atoms with Gasteiger partial charge >= 0.3 is 6.01 Å². The van der Waals surface area contributed by atoms with Crippen LogP contribution in [0.4, 0.5) is 11.5 Å². The third-order valence-electron chi connectivity index (χ3n) is 9.06. The van der Waals surface area contributed by atoms with Crippen molar-refractivity contribution in [3.8, 4) is 6.01 Å². The lowest BCUT2D eigenvalue weighted by Crippen LogP contribution is -2.56. The lowest BCUT2D eigenvalue weighted by Gasteiger charge is -2.41. The molecule has 11 heteroatoms. The first-order chi connectivity index (χ1) is 20.4. The van der Waals surface area contributed by atoms with E-state index in [2.05, 4.69) is 26.1 Å². The number of fused-ring (bicyclic) bond motifs is 1. The van der Waals surface area contributed by atoms with Gasteiger partial charge in [-0.1, -0.05) is 35.8 Å². The summed E-state index contributed by atoms with van der Waals surface area (Å²) >= 11 is 13.0. The van der Waals surface area contributed by atoms with Crippen LogP contribution in [0.2, 0.25) is 10.0 Å². The molecule has 222 valence electrons. The van der Waals surface area contributed by atoms with E-state index in [1.807, 2.05) is 12.1 Å². The number of carbonyl (C=O) groups is 1. The van der Waals surface area contributed by atoms with Crippen LogP contribution >= 0.6 is 23.2 Å². The predicted molar refractivity (Wildman–Crippen MR) is 165 cm³/mol. The molecule has 1 aliphatic carbocycles. The van der Waals surface area contributed by atoms with Crippen molar-refractivity contribution in [3.63, 3.8) is 0 Å². The molecule has 1 aromatic carbocycles. The number of nitrogens with zero attached hydrogens (tertiary/aromatic N) is 7. The maximum atomic E-state index is 12.5. The Morgan fingerprint density at radius 2 is 1.95 bits per heavy atom. The normalized spacial score (nSPS) is 21.5. The Bertz CT molecular complexity index is 1390. The fraction of sp³-hybridized carbons (Fsp3) is 0.548. The molecule has 0 N–H and O–H groups in total. The Kier molecular flexibility index (Phi) is 8.49. The Labute approximate surface area is 257 Å². The first-order valence-corrected chi connectivity index (χ1v) is 15.6. The number of benzene rings is 1. The van der Waals surface area contributed by atoms with Gasteiger partial charge in [-0.3, -0.25) is 4.79 Å². The molecule has 6 rings (SSSR count). The molecule has 1 amide bonds. The van der Waals surface area contributed by atoms with Gasteiger partial charge in [-0.15, -0.1) is 0 Å². The van der Waals surface area contributed by atoms with Gasteiger partial charge in [0.2, 0.25) is 12.5 Å². The van der Waals surface area contributed by atoms with Crippen LogP contribution in [0.1, 0.15) is 36.9 Å². The molecular weight excluding hydrogens is 573 g/mol. The molecule has 3 fully saturated rings. The minimum atomic E-state index is -0.239. The molecule has 1 saturated carbocycles. The van der Waals surface area contributed by atoms with Crippen LogP contribution in [0.3, 0.4) is 0 Å². The van der Waals surface area contributed by atoms with Crippen molar-refractivity contribution < 1.29 is 9.53 Å². The van der Waals surface area contributed by atoms with Gasteiger partial charge in [0.15, 0.2) is 0 Å². The van der Waals surface area contributed by atoms with Gasteiger partial charge in [0, 0.05) is 43.7 Å². The zero-order valence-corrected chi connectivity index (χ0v) is 25.4. The molecule has 3 aliphatic heterocycles. The Morgan fingerprint density at radius 1 is 1.14 bits per heavy atom. The number of piperazine rings is 1. The molecule has 4 heterocycles. The van der Waals surface area contributed by atoms with Gasteiger partial charge in [0.05, 0.1) is 34.6 Å². The van der Waals surface area contributed by atoms with E-state index in [1.54, 1.807) is 11.0 Å². The van der Waals surface area contributed by atoms with Crippen LogP contribution in [0, 0.1) is 12.0 Å². The summed E-state index contributed by atoms with van der Waals surface area (Å²) in [5.41, 5.74) is 3.06. The fourth-order valence-corrected chi connectivity index (χ4v) is 6.95. The van der Waals surface area contributed by atoms with Gasteiger partial charge in [0.1, 0.15) is 11.9 Å². The third kappa shape index (κ3) is 6.03. The fourth-order valence-electron chi connectivity index (χ4n) is 6.53.